The first kappa shape index (κ1) is 16.9. The second-order valence-electron chi connectivity index (χ2n) is 4.44. The highest BCUT2D eigenvalue weighted by Gasteiger charge is 2.46. The van der Waals surface area contributed by atoms with Gasteiger partial charge in [-0.15, -0.1) is 11.8 Å². The van der Waals surface area contributed by atoms with Crippen LogP contribution in [0, 0.1) is 0 Å². The quantitative estimate of drug-likeness (QED) is 0.882. The molecule has 1 aliphatic rings. The third-order valence-corrected chi connectivity index (χ3v) is 7.62. The maximum atomic E-state index is 12.8. The van der Waals surface area contributed by atoms with E-state index in [2.05, 4.69) is 0 Å². The number of halogens is 2. The lowest BCUT2D eigenvalue weighted by molar-refractivity contribution is -0.140. The number of thioether (sulfide) groups is 1. The average Bonchev–Trinajstić information content (AvgIpc) is 2.86. The number of hydrogen-bond donors (Lipinski definition) is 1. The van der Waals surface area contributed by atoms with Gasteiger partial charge >= 0.3 is 5.97 Å². The molecule has 2 unspecified atom stereocenters. The van der Waals surface area contributed by atoms with E-state index in [0.29, 0.717) is 6.42 Å². The molecule has 0 amide bonds. The van der Waals surface area contributed by atoms with Crippen LogP contribution >= 0.6 is 35.0 Å². The molecule has 5 nitrogen and oxygen atoms in total. The largest absolute Gasteiger partial charge is 0.480 e. The molecule has 0 saturated carbocycles. The Morgan fingerprint density at radius 3 is 2.71 bits per heavy atom. The van der Waals surface area contributed by atoms with Crippen molar-refractivity contribution in [2.45, 2.75) is 29.7 Å². The van der Waals surface area contributed by atoms with E-state index >= 15 is 0 Å². The number of benzene rings is 1. The van der Waals surface area contributed by atoms with Crippen LogP contribution in [-0.2, 0) is 14.8 Å². The Bertz CT molecular complexity index is 665. The molecule has 1 N–H and O–H groups in total. The molecule has 1 fully saturated rings. The summed E-state index contributed by atoms with van der Waals surface area (Å²) in [5, 5.41) is 8.86. The summed E-state index contributed by atoms with van der Waals surface area (Å²) in [5.74, 6) is -0.953. The van der Waals surface area contributed by atoms with Crippen LogP contribution in [0.4, 0.5) is 0 Å². The van der Waals surface area contributed by atoms with Crippen LogP contribution in [0.3, 0.4) is 0 Å². The SMILES string of the molecule is CCC1SCC(C(=O)O)N1S(=O)(=O)c1cccc(Cl)c1Cl. The second kappa shape index (κ2) is 6.34. The van der Waals surface area contributed by atoms with Gasteiger partial charge in [-0.1, -0.05) is 36.2 Å². The summed E-state index contributed by atoms with van der Waals surface area (Å²) >= 11 is 13.2. The van der Waals surface area contributed by atoms with Gasteiger partial charge in [0.15, 0.2) is 0 Å². The van der Waals surface area contributed by atoms with Gasteiger partial charge in [0.05, 0.1) is 15.4 Å². The first-order chi connectivity index (χ1) is 9.80. The van der Waals surface area contributed by atoms with E-state index in [1.54, 1.807) is 0 Å². The Morgan fingerprint density at radius 2 is 2.14 bits per heavy atom. The predicted molar refractivity (Wildman–Crippen MR) is 83.4 cm³/mol. The zero-order valence-corrected chi connectivity index (χ0v) is 14.1. The Kier molecular flexibility index (Phi) is 5.10. The molecule has 1 aromatic rings. The van der Waals surface area contributed by atoms with E-state index in [1.165, 1.54) is 30.0 Å². The fourth-order valence-corrected chi connectivity index (χ4v) is 6.42. The minimum atomic E-state index is -4.03. The second-order valence-corrected chi connectivity index (χ2v) is 8.24. The zero-order chi connectivity index (χ0) is 15.8. The molecule has 0 spiro atoms. The summed E-state index contributed by atoms with van der Waals surface area (Å²) in [6, 6.07) is 3.19. The lowest BCUT2D eigenvalue weighted by Crippen LogP contribution is -2.45. The molecule has 2 rings (SSSR count). The van der Waals surface area contributed by atoms with Crippen LogP contribution in [0.15, 0.2) is 23.1 Å². The summed E-state index contributed by atoms with van der Waals surface area (Å²) in [6.45, 7) is 1.81. The number of carbonyl (C=O) groups is 1. The molecule has 0 radical (unpaired) electrons. The van der Waals surface area contributed by atoms with E-state index in [1.807, 2.05) is 6.92 Å². The van der Waals surface area contributed by atoms with Crippen molar-refractivity contribution in [2.24, 2.45) is 0 Å². The van der Waals surface area contributed by atoms with E-state index in [9.17, 15) is 18.3 Å². The van der Waals surface area contributed by atoms with Crippen LogP contribution in [-0.4, -0.2) is 41.0 Å². The van der Waals surface area contributed by atoms with Crippen LogP contribution in [0.1, 0.15) is 13.3 Å². The topological polar surface area (TPSA) is 74.7 Å². The van der Waals surface area contributed by atoms with Gasteiger partial charge in [0.1, 0.15) is 10.9 Å². The molecule has 0 bridgehead atoms. The molecule has 0 aromatic heterocycles. The van der Waals surface area contributed by atoms with Crippen molar-refractivity contribution >= 4 is 51.0 Å². The van der Waals surface area contributed by atoms with E-state index in [-0.39, 0.29) is 20.7 Å². The van der Waals surface area contributed by atoms with Gasteiger partial charge < -0.3 is 5.11 Å². The average molecular weight is 370 g/mol. The maximum absolute atomic E-state index is 12.8. The minimum absolute atomic E-state index is 0.0879. The summed E-state index contributed by atoms with van der Waals surface area (Å²) in [4.78, 5) is 11.2. The molecule has 1 aromatic carbocycles. The van der Waals surface area contributed by atoms with Crippen molar-refractivity contribution in [3.05, 3.63) is 28.2 Å². The van der Waals surface area contributed by atoms with Gasteiger partial charge in [-0.3, -0.25) is 4.79 Å². The molecule has 2 atom stereocenters. The van der Waals surface area contributed by atoms with E-state index < -0.39 is 27.4 Å². The van der Waals surface area contributed by atoms with Gasteiger partial charge in [0.2, 0.25) is 10.0 Å². The van der Waals surface area contributed by atoms with Gasteiger partial charge in [-0.25, -0.2) is 8.42 Å². The van der Waals surface area contributed by atoms with E-state index in [4.69, 9.17) is 23.2 Å². The number of aliphatic carboxylic acids is 1. The number of sulfonamides is 1. The highest BCUT2D eigenvalue weighted by molar-refractivity contribution is 8.01. The molecule has 9 heteroatoms. The molecule has 1 heterocycles. The Balaban J connectivity index is 2.55. The molecule has 0 aliphatic carbocycles. The summed E-state index contributed by atoms with van der Waals surface area (Å²) in [5.41, 5.74) is 0. The first-order valence-electron chi connectivity index (χ1n) is 6.12. The Morgan fingerprint density at radius 1 is 1.48 bits per heavy atom. The monoisotopic (exact) mass is 369 g/mol. The molecule has 21 heavy (non-hydrogen) atoms. The van der Waals surface area contributed by atoms with Crippen molar-refractivity contribution < 1.29 is 18.3 Å². The van der Waals surface area contributed by atoms with Gasteiger partial charge in [0.25, 0.3) is 0 Å². The smallest absolute Gasteiger partial charge is 0.322 e. The number of hydrogen-bond acceptors (Lipinski definition) is 4. The first-order valence-corrected chi connectivity index (χ1v) is 9.37. The Labute approximate surface area is 137 Å². The number of rotatable bonds is 4. The van der Waals surface area contributed by atoms with Crippen molar-refractivity contribution in [2.75, 3.05) is 5.75 Å². The molecule has 116 valence electrons. The molecular weight excluding hydrogens is 357 g/mol. The van der Waals surface area contributed by atoms with Crippen LogP contribution in [0.25, 0.3) is 0 Å². The van der Waals surface area contributed by atoms with Crippen LogP contribution in [0.5, 0.6) is 0 Å². The minimum Gasteiger partial charge on any atom is -0.480 e. The number of carboxylic acids is 1. The number of nitrogens with zero attached hydrogens (tertiary/aromatic N) is 1. The number of carboxylic acid groups (broad SMARTS) is 1. The summed E-state index contributed by atoms with van der Waals surface area (Å²) in [7, 11) is -4.03. The lowest BCUT2D eigenvalue weighted by atomic mass is 10.3. The third-order valence-electron chi connectivity index (χ3n) is 3.14. The molecule has 1 aliphatic heterocycles. The third kappa shape index (κ3) is 3.03. The Hall–Kier alpha value is -0.470. The standard InChI is InChI=1S/C12H13Cl2NO4S2/c1-2-10-15(8(6-20-10)12(16)17)21(18,19)9-5-3-4-7(13)11(9)14/h3-5,8,10H,2,6H2,1H3,(H,16,17). The van der Waals surface area contributed by atoms with Gasteiger partial charge in [-0.05, 0) is 18.6 Å². The normalized spacial score (nSPS) is 23.4. The molecular formula is C12H13Cl2NO4S2. The lowest BCUT2D eigenvalue weighted by Gasteiger charge is -2.26. The molecule has 1 saturated heterocycles. The van der Waals surface area contributed by atoms with Crippen molar-refractivity contribution in [3.8, 4) is 0 Å². The highest BCUT2D eigenvalue weighted by atomic mass is 35.5. The van der Waals surface area contributed by atoms with E-state index in [0.717, 1.165) is 4.31 Å². The van der Waals surface area contributed by atoms with Crippen LogP contribution < -0.4 is 0 Å². The van der Waals surface area contributed by atoms with Crippen molar-refractivity contribution in [1.29, 1.82) is 0 Å². The maximum Gasteiger partial charge on any atom is 0.322 e. The summed E-state index contributed by atoms with van der Waals surface area (Å²) < 4.78 is 26.6. The highest BCUT2D eigenvalue weighted by Crippen LogP contribution is 2.39. The summed E-state index contributed by atoms with van der Waals surface area (Å²) in [6.07, 6.45) is 0.506. The predicted octanol–water partition coefficient (Wildman–Crippen LogP) is 2.92. The van der Waals surface area contributed by atoms with Crippen molar-refractivity contribution in [3.63, 3.8) is 0 Å². The van der Waals surface area contributed by atoms with Crippen LogP contribution in [0.2, 0.25) is 10.0 Å². The fourth-order valence-electron chi connectivity index (χ4n) is 2.15. The zero-order valence-electron chi connectivity index (χ0n) is 11.0. The fraction of sp³-hybridized carbons (Fsp3) is 0.417. The van der Waals surface area contributed by atoms with Gasteiger partial charge in [-0.2, -0.15) is 4.31 Å². The van der Waals surface area contributed by atoms with Gasteiger partial charge in [0, 0.05) is 5.75 Å². The van der Waals surface area contributed by atoms with Crippen molar-refractivity contribution in [1.82, 2.24) is 4.31 Å².